The molecule has 196 valence electrons. The van der Waals surface area contributed by atoms with Gasteiger partial charge >= 0.3 is 6.03 Å². The number of nitrogens with one attached hydrogen (secondary N) is 1. The minimum absolute atomic E-state index is 0.170. The molecule has 0 spiro atoms. The van der Waals surface area contributed by atoms with Gasteiger partial charge in [-0.05, 0) is 66.9 Å². The first-order valence-electron chi connectivity index (χ1n) is 13.2. The molecule has 0 saturated heterocycles. The first-order valence-corrected chi connectivity index (χ1v) is 13.2. The number of hydrogen-bond acceptors (Lipinski definition) is 3. The molecule has 3 aromatic carbocycles. The molecule has 7 nitrogen and oxygen atoms in total. The average molecular weight is 518 g/mol. The second kappa shape index (κ2) is 10.2. The molecule has 0 bridgehead atoms. The van der Waals surface area contributed by atoms with E-state index in [-0.39, 0.29) is 12.1 Å². The summed E-state index contributed by atoms with van der Waals surface area (Å²) in [5, 5.41) is 8.15. The van der Waals surface area contributed by atoms with E-state index >= 15 is 0 Å². The summed E-state index contributed by atoms with van der Waals surface area (Å²) < 4.78 is 9.71. The molecule has 1 aliphatic heterocycles. The molecule has 6 rings (SSSR count). The molecule has 0 unspecified atom stereocenters. The van der Waals surface area contributed by atoms with Gasteiger partial charge in [0.05, 0.1) is 36.8 Å². The third kappa shape index (κ3) is 4.36. The summed E-state index contributed by atoms with van der Waals surface area (Å²) in [6, 6.07) is 29.6. The Morgan fingerprint density at radius 3 is 2.59 bits per heavy atom. The van der Waals surface area contributed by atoms with Crippen molar-refractivity contribution in [2.45, 2.75) is 32.9 Å². The van der Waals surface area contributed by atoms with Crippen molar-refractivity contribution in [2.75, 3.05) is 12.4 Å². The molecule has 39 heavy (non-hydrogen) atoms. The van der Waals surface area contributed by atoms with Crippen LogP contribution in [0.1, 0.15) is 41.0 Å². The van der Waals surface area contributed by atoms with E-state index in [0.29, 0.717) is 6.54 Å². The molecule has 0 radical (unpaired) electrons. The zero-order valence-electron chi connectivity index (χ0n) is 22.3. The maximum Gasteiger partial charge on any atom is 0.322 e. The van der Waals surface area contributed by atoms with Gasteiger partial charge in [0.1, 0.15) is 11.6 Å². The van der Waals surface area contributed by atoms with E-state index in [0.717, 1.165) is 57.4 Å². The summed E-state index contributed by atoms with van der Waals surface area (Å²) in [6.45, 7) is 4.49. The van der Waals surface area contributed by atoms with Gasteiger partial charge in [-0.1, -0.05) is 55.5 Å². The Labute approximate surface area is 228 Å². The highest BCUT2D eigenvalue weighted by Gasteiger charge is 2.36. The molecule has 0 fully saturated rings. The van der Waals surface area contributed by atoms with Crippen LogP contribution in [0.3, 0.4) is 0 Å². The summed E-state index contributed by atoms with van der Waals surface area (Å²) in [5.74, 6) is 1.69. The van der Waals surface area contributed by atoms with Crippen LogP contribution in [0.4, 0.5) is 10.5 Å². The minimum atomic E-state index is -0.361. The molecule has 1 N–H and O–H groups in total. The van der Waals surface area contributed by atoms with Gasteiger partial charge in [0, 0.05) is 17.4 Å². The average Bonchev–Trinajstić information content (AvgIpc) is 3.54. The maximum absolute atomic E-state index is 14.2. The molecule has 1 atom stereocenters. The Morgan fingerprint density at radius 1 is 1.00 bits per heavy atom. The molecule has 1 aliphatic rings. The number of fused-ring (bicyclic) bond motifs is 3. The Morgan fingerprint density at radius 2 is 1.79 bits per heavy atom. The minimum Gasteiger partial charge on any atom is -0.497 e. The Hall–Kier alpha value is -4.78. The van der Waals surface area contributed by atoms with E-state index in [1.54, 1.807) is 7.11 Å². The zero-order chi connectivity index (χ0) is 26.9. The Kier molecular flexibility index (Phi) is 6.40. The largest absolute Gasteiger partial charge is 0.497 e. The molecule has 5 aromatic rings. The highest BCUT2D eigenvalue weighted by molar-refractivity contribution is 5.91. The van der Waals surface area contributed by atoms with Gasteiger partial charge in [-0.15, -0.1) is 0 Å². The number of para-hydroxylation sites is 2. The van der Waals surface area contributed by atoms with Crippen LogP contribution >= 0.6 is 0 Å². The first kappa shape index (κ1) is 24.6. The maximum atomic E-state index is 14.2. The van der Waals surface area contributed by atoms with Crippen molar-refractivity contribution in [3.63, 3.8) is 0 Å². The van der Waals surface area contributed by atoms with Crippen molar-refractivity contribution >= 4 is 11.7 Å². The lowest BCUT2D eigenvalue weighted by Gasteiger charge is -2.31. The fraction of sp³-hybridized carbons (Fsp3) is 0.188. The standard InChI is InChI=1S/C32H31N5O2/c1-4-23-12-8-9-17-28(23)33-32(38)36-21-27-22(2)34-37(25-14-6-5-7-15-25)31(27)35-19-11-18-29(35)30(36)24-13-10-16-26(20-24)39-3/h5-20,30H,4,21H2,1-3H3,(H,33,38)/t30-/m1/s1. The van der Waals surface area contributed by atoms with Gasteiger partial charge in [-0.3, -0.25) is 0 Å². The fourth-order valence-electron chi connectivity index (χ4n) is 5.45. The number of methoxy groups -OCH3 is 1. The number of anilines is 1. The number of benzene rings is 3. The number of carbonyl (C=O) groups excluding carboxylic acids is 1. The third-order valence-electron chi connectivity index (χ3n) is 7.40. The SMILES string of the molecule is CCc1ccccc1NC(=O)N1Cc2c(C)nn(-c3ccccc3)c2-n2cccc2[C@H]1c1cccc(OC)c1. The molecule has 3 heterocycles. The van der Waals surface area contributed by atoms with Crippen molar-refractivity contribution in [1.82, 2.24) is 19.2 Å². The molecule has 2 aromatic heterocycles. The lowest BCUT2D eigenvalue weighted by atomic mass is 10.0. The van der Waals surface area contributed by atoms with Crippen LogP contribution in [-0.4, -0.2) is 32.4 Å². The van der Waals surface area contributed by atoms with Gasteiger partial charge in [-0.2, -0.15) is 5.10 Å². The Bertz CT molecular complexity index is 1640. The van der Waals surface area contributed by atoms with Crippen LogP contribution in [0.15, 0.2) is 97.2 Å². The number of urea groups is 1. The lowest BCUT2D eigenvalue weighted by Crippen LogP contribution is -2.38. The van der Waals surface area contributed by atoms with Crippen molar-refractivity contribution in [1.29, 1.82) is 0 Å². The lowest BCUT2D eigenvalue weighted by molar-refractivity contribution is 0.194. The highest BCUT2D eigenvalue weighted by atomic mass is 16.5. The summed E-state index contributed by atoms with van der Waals surface area (Å²) in [7, 11) is 1.66. The summed E-state index contributed by atoms with van der Waals surface area (Å²) in [4.78, 5) is 16.1. The third-order valence-corrected chi connectivity index (χ3v) is 7.40. The number of nitrogens with zero attached hydrogens (tertiary/aromatic N) is 4. The zero-order valence-corrected chi connectivity index (χ0v) is 22.3. The quantitative estimate of drug-likeness (QED) is 0.283. The summed E-state index contributed by atoms with van der Waals surface area (Å²) >= 11 is 0. The van der Waals surface area contributed by atoms with E-state index in [4.69, 9.17) is 9.84 Å². The number of aryl methyl sites for hydroxylation is 2. The fourth-order valence-corrected chi connectivity index (χ4v) is 5.45. The van der Waals surface area contributed by atoms with Crippen LogP contribution in [-0.2, 0) is 13.0 Å². The molecule has 7 heteroatoms. The van der Waals surface area contributed by atoms with Crippen LogP contribution in [0.25, 0.3) is 11.5 Å². The number of carbonyl (C=O) groups is 1. The van der Waals surface area contributed by atoms with Crippen molar-refractivity contribution in [2.24, 2.45) is 0 Å². The second-order valence-electron chi connectivity index (χ2n) is 9.69. The van der Waals surface area contributed by atoms with Gasteiger partial charge in [0.2, 0.25) is 0 Å². The van der Waals surface area contributed by atoms with E-state index < -0.39 is 0 Å². The second-order valence-corrected chi connectivity index (χ2v) is 9.69. The number of ether oxygens (including phenoxy) is 1. The van der Waals surface area contributed by atoms with Gasteiger partial charge in [-0.25, -0.2) is 9.48 Å². The monoisotopic (exact) mass is 517 g/mol. The normalized spacial score (nSPS) is 14.3. The number of amides is 2. The topological polar surface area (TPSA) is 64.3 Å². The molecule has 0 saturated carbocycles. The molecular formula is C32H31N5O2. The predicted molar refractivity (Wildman–Crippen MR) is 153 cm³/mol. The van der Waals surface area contributed by atoms with E-state index in [9.17, 15) is 4.79 Å². The van der Waals surface area contributed by atoms with Crippen molar-refractivity contribution in [3.8, 4) is 17.3 Å². The van der Waals surface area contributed by atoms with Crippen LogP contribution < -0.4 is 10.1 Å². The number of rotatable bonds is 5. The van der Waals surface area contributed by atoms with Crippen molar-refractivity contribution in [3.05, 3.63) is 125 Å². The highest BCUT2D eigenvalue weighted by Crippen LogP contribution is 2.39. The van der Waals surface area contributed by atoms with E-state index in [2.05, 4.69) is 41.2 Å². The van der Waals surface area contributed by atoms with E-state index in [1.165, 1.54) is 0 Å². The van der Waals surface area contributed by atoms with Gasteiger partial charge < -0.3 is 19.5 Å². The first-order chi connectivity index (χ1) is 19.1. The smallest absolute Gasteiger partial charge is 0.322 e. The molecule has 0 aliphatic carbocycles. The number of hydrogen-bond donors (Lipinski definition) is 1. The number of aromatic nitrogens is 3. The van der Waals surface area contributed by atoms with Gasteiger partial charge in [0.15, 0.2) is 0 Å². The summed E-state index contributed by atoms with van der Waals surface area (Å²) in [5.41, 5.74) is 6.70. The van der Waals surface area contributed by atoms with Gasteiger partial charge in [0.25, 0.3) is 0 Å². The molecule has 2 amide bonds. The van der Waals surface area contributed by atoms with Crippen LogP contribution in [0.2, 0.25) is 0 Å². The van der Waals surface area contributed by atoms with Crippen molar-refractivity contribution < 1.29 is 9.53 Å². The Balaban J connectivity index is 1.54. The predicted octanol–water partition coefficient (Wildman–Crippen LogP) is 6.68. The molecular weight excluding hydrogens is 486 g/mol. The summed E-state index contributed by atoms with van der Waals surface area (Å²) in [6.07, 6.45) is 2.88. The van der Waals surface area contributed by atoms with Crippen LogP contribution in [0.5, 0.6) is 5.75 Å². The van der Waals surface area contributed by atoms with E-state index in [1.807, 2.05) is 89.3 Å². The van der Waals surface area contributed by atoms with Crippen LogP contribution in [0, 0.1) is 6.92 Å².